The van der Waals surface area contributed by atoms with Crippen molar-refractivity contribution in [3.8, 4) is 0 Å². The van der Waals surface area contributed by atoms with Crippen molar-refractivity contribution in [2.24, 2.45) is 14.1 Å². The number of imidazole rings is 1. The van der Waals surface area contributed by atoms with Gasteiger partial charge in [0.1, 0.15) is 11.3 Å². The summed E-state index contributed by atoms with van der Waals surface area (Å²) in [5.74, 6) is 0.646. The lowest BCUT2D eigenvalue weighted by molar-refractivity contribution is 0.0705. The highest BCUT2D eigenvalue weighted by molar-refractivity contribution is 5.94. The second-order valence-corrected chi connectivity index (χ2v) is 6.98. The van der Waals surface area contributed by atoms with E-state index in [9.17, 15) is 14.4 Å². The number of aryl methyl sites for hydroxylation is 1. The van der Waals surface area contributed by atoms with Gasteiger partial charge >= 0.3 is 5.69 Å². The Morgan fingerprint density at radius 1 is 1.15 bits per heavy atom. The lowest BCUT2D eigenvalue weighted by atomic mass is 9.96. The average molecular weight is 367 g/mol. The molecule has 1 N–H and O–H groups in total. The van der Waals surface area contributed by atoms with E-state index in [-0.39, 0.29) is 17.4 Å². The first-order chi connectivity index (χ1) is 13.0. The van der Waals surface area contributed by atoms with Crippen molar-refractivity contribution >= 4 is 17.1 Å². The summed E-state index contributed by atoms with van der Waals surface area (Å²) in [5, 5.41) is 0. The quantitative estimate of drug-likeness (QED) is 0.731. The molecule has 0 aliphatic carbocycles. The van der Waals surface area contributed by atoms with Gasteiger partial charge < -0.3 is 9.88 Å². The van der Waals surface area contributed by atoms with Gasteiger partial charge in [0.2, 0.25) is 0 Å². The second-order valence-electron chi connectivity index (χ2n) is 6.98. The normalized spacial score (nSPS) is 17.4. The van der Waals surface area contributed by atoms with E-state index in [1.54, 1.807) is 7.05 Å². The molecule has 1 aliphatic rings. The number of benzene rings is 1. The highest BCUT2D eigenvalue weighted by Gasteiger charge is 2.28. The number of aromatic amines is 1. The average Bonchev–Trinajstić information content (AvgIpc) is 3.16. The Morgan fingerprint density at radius 3 is 2.63 bits per heavy atom. The number of fused-ring (bicyclic) bond motifs is 1. The molecular formula is C19H21N5O3. The number of hydrogen-bond donors (Lipinski definition) is 1. The standard InChI is InChI=1S/C19H21N5O3/c1-22-16-14(18(26)23(2)19(22)27)20-15(21-16)13-9-6-10-24(11-13)17(25)12-7-4-3-5-8-12/h3-5,7-8,13H,6,9-11H2,1-2H3,(H,20,21). The van der Waals surface area contributed by atoms with Crippen LogP contribution in [0.2, 0.25) is 0 Å². The number of piperidine rings is 1. The first kappa shape index (κ1) is 17.3. The number of likely N-dealkylation sites (tertiary alicyclic amines) is 1. The summed E-state index contributed by atoms with van der Waals surface area (Å²) < 4.78 is 2.43. The molecule has 1 aliphatic heterocycles. The zero-order valence-electron chi connectivity index (χ0n) is 15.3. The van der Waals surface area contributed by atoms with Crippen LogP contribution in [0.15, 0.2) is 39.9 Å². The Bertz CT molecular complexity index is 1130. The second kappa shape index (κ2) is 6.53. The minimum Gasteiger partial charge on any atom is -0.338 e. The van der Waals surface area contributed by atoms with Gasteiger partial charge in [-0.1, -0.05) is 18.2 Å². The van der Waals surface area contributed by atoms with Gasteiger partial charge in [-0.3, -0.25) is 18.7 Å². The van der Waals surface area contributed by atoms with Crippen molar-refractivity contribution in [3.05, 3.63) is 62.6 Å². The van der Waals surface area contributed by atoms with E-state index in [1.807, 2.05) is 35.2 Å². The number of nitrogens with zero attached hydrogens (tertiary/aromatic N) is 4. The molecule has 2 aromatic heterocycles. The third kappa shape index (κ3) is 2.87. The molecule has 0 bridgehead atoms. The number of amides is 1. The van der Waals surface area contributed by atoms with Crippen LogP contribution in [0.3, 0.4) is 0 Å². The Balaban J connectivity index is 1.67. The van der Waals surface area contributed by atoms with Gasteiger partial charge in [-0.2, -0.15) is 0 Å². The summed E-state index contributed by atoms with van der Waals surface area (Å²) in [4.78, 5) is 46.7. The van der Waals surface area contributed by atoms with Gasteiger partial charge in [0, 0.05) is 38.7 Å². The van der Waals surface area contributed by atoms with Crippen molar-refractivity contribution in [3.63, 3.8) is 0 Å². The number of rotatable bonds is 2. The van der Waals surface area contributed by atoms with Gasteiger partial charge in [0.05, 0.1) is 0 Å². The van der Waals surface area contributed by atoms with Crippen LogP contribution in [0, 0.1) is 0 Å². The summed E-state index contributed by atoms with van der Waals surface area (Å²) in [5.41, 5.74) is 0.541. The predicted octanol–water partition coefficient (Wildman–Crippen LogP) is 0.980. The number of nitrogens with one attached hydrogen (secondary N) is 1. The molecule has 1 amide bonds. The summed E-state index contributed by atoms with van der Waals surface area (Å²) in [6.45, 7) is 1.23. The van der Waals surface area contributed by atoms with Gasteiger partial charge in [-0.05, 0) is 25.0 Å². The van der Waals surface area contributed by atoms with Gasteiger partial charge in [-0.25, -0.2) is 9.78 Å². The number of carbonyl (C=O) groups is 1. The van der Waals surface area contributed by atoms with Crippen molar-refractivity contribution in [2.45, 2.75) is 18.8 Å². The molecule has 3 aromatic rings. The maximum absolute atomic E-state index is 12.7. The van der Waals surface area contributed by atoms with Crippen LogP contribution < -0.4 is 11.2 Å². The van der Waals surface area contributed by atoms with Crippen LogP contribution in [-0.2, 0) is 14.1 Å². The molecule has 0 spiro atoms. The molecule has 4 rings (SSSR count). The van der Waals surface area contributed by atoms with E-state index in [0.717, 1.165) is 17.4 Å². The maximum atomic E-state index is 12.7. The largest absolute Gasteiger partial charge is 0.338 e. The first-order valence-corrected chi connectivity index (χ1v) is 8.97. The number of carbonyl (C=O) groups excluding carboxylic acids is 1. The summed E-state index contributed by atoms with van der Waals surface area (Å²) in [7, 11) is 3.05. The van der Waals surface area contributed by atoms with Crippen LogP contribution in [0.25, 0.3) is 11.2 Å². The zero-order valence-corrected chi connectivity index (χ0v) is 15.3. The molecule has 0 radical (unpaired) electrons. The van der Waals surface area contributed by atoms with Crippen LogP contribution in [0.5, 0.6) is 0 Å². The molecule has 140 valence electrons. The summed E-state index contributed by atoms with van der Waals surface area (Å²) >= 11 is 0. The molecule has 8 heteroatoms. The number of hydrogen-bond acceptors (Lipinski definition) is 4. The first-order valence-electron chi connectivity index (χ1n) is 8.97. The van der Waals surface area contributed by atoms with E-state index in [4.69, 9.17) is 0 Å². The van der Waals surface area contributed by atoms with Crippen LogP contribution in [-0.4, -0.2) is 43.0 Å². The molecule has 1 aromatic carbocycles. The monoisotopic (exact) mass is 367 g/mol. The highest BCUT2D eigenvalue weighted by Crippen LogP contribution is 2.26. The summed E-state index contributed by atoms with van der Waals surface area (Å²) in [6.07, 6.45) is 1.73. The Labute approximate surface area is 155 Å². The van der Waals surface area contributed by atoms with Gasteiger partial charge in [0.15, 0.2) is 5.65 Å². The van der Waals surface area contributed by atoms with Crippen molar-refractivity contribution in [2.75, 3.05) is 13.1 Å². The molecule has 1 atom stereocenters. The Kier molecular flexibility index (Phi) is 4.18. The summed E-state index contributed by atoms with van der Waals surface area (Å²) in [6, 6.07) is 9.21. The number of aromatic nitrogens is 4. The van der Waals surface area contributed by atoms with Crippen LogP contribution in [0.4, 0.5) is 0 Å². The number of H-pyrrole nitrogens is 1. The van der Waals surface area contributed by atoms with E-state index in [0.29, 0.717) is 35.6 Å². The fourth-order valence-corrected chi connectivity index (χ4v) is 3.69. The minimum absolute atomic E-state index is 0.000255. The Hall–Kier alpha value is -3.16. The molecule has 3 heterocycles. The molecule has 1 saturated heterocycles. The molecule has 8 nitrogen and oxygen atoms in total. The fourth-order valence-electron chi connectivity index (χ4n) is 3.69. The van der Waals surface area contributed by atoms with Crippen LogP contribution >= 0.6 is 0 Å². The zero-order chi connectivity index (χ0) is 19.1. The lowest BCUT2D eigenvalue weighted by Crippen LogP contribution is -2.39. The SMILES string of the molecule is Cn1c(=O)c2[nH]c(C3CCCN(C(=O)c4ccccc4)C3)nc2n(C)c1=O. The van der Waals surface area contributed by atoms with Crippen LogP contribution in [0.1, 0.15) is 34.9 Å². The van der Waals surface area contributed by atoms with E-state index in [2.05, 4.69) is 9.97 Å². The molecule has 0 saturated carbocycles. The van der Waals surface area contributed by atoms with Crippen molar-refractivity contribution in [1.82, 2.24) is 24.0 Å². The highest BCUT2D eigenvalue weighted by atomic mass is 16.2. The van der Waals surface area contributed by atoms with E-state index < -0.39 is 5.69 Å². The fraction of sp³-hybridized carbons (Fsp3) is 0.368. The van der Waals surface area contributed by atoms with Gasteiger partial charge in [0.25, 0.3) is 11.5 Å². The van der Waals surface area contributed by atoms with E-state index >= 15 is 0 Å². The van der Waals surface area contributed by atoms with Crippen molar-refractivity contribution < 1.29 is 4.79 Å². The van der Waals surface area contributed by atoms with Crippen molar-refractivity contribution in [1.29, 1.82) is 0 Å². The molecule has 27 heavy (non-hydrogen) atoms. The Morgan fingerprint density at radius 2 is 1.89 bits per heavy atom. The minimum atomic E-state index is -0.407. The third-order valence-corrected chi connectivity index (χ3v) is 5.23. The lowest BCUT2D eigenvalue weighted by Gasteiger charge is -2.31. The van der Waals surface area contributed by atoms with E-state index in [1.165, 1.54) is 11.6 Å². The predicted molar refractivity (Wildman–Crippen MR) is 101 cm³/mol. The third-order valence-electron chi connectivity index (χ3n) is 5.23. The molecule has 1 unspecified atom stereocenters. The molecule has 1 fully saturated rings. The topological polar surface area (TPSA) is 93.0 Å². The van der Waals surface area contributed by atoms with Gasteiger partial charge in [-0.15, -0.1) is 0 Å². The molecular weight excluding hydrogens is 346 g/mol. The smallest absolute Gasteiger partial charge is 0.332 e. The maximum Gasteiger partial charge on any atom is 0.332 e.